The molecule has 1 aliphatic rings. The molecule has 12 heavy (non-hydrogen) atoms. The second-order valence-corrected chi connectivity index (χ2v) is 3.13. The van der Waals surface area contributed by atoms with Crippen LogP contribution < -0.4 is 5.32 Å². The molecule has 3 nitrogen and oxygen atoms in total. The van der Waals surface area contributed by atoms with Gasteiger partial charge in [0.25, 0.3) is 5.91 Å². The molecule has 0 radical (unpaired) electrons. The fraction of sp³-hybridized carbons (Fsp3) is 0.556. The van der Waals surface area contributed by atoms with Crippen LogP contribution in [0.15, 0.2) is 11.6 Å². The maximum absolute atomic E-state index is 11.0. The van der Waals surface area contributed by atoms with E-state index in [1.165, 1.54) is 0 Å². The summed E-state index contributed by atoms with van der Waals surface area (Å²) in [6.07, 6.45) is 3.12. The predicted molar refractivity (Wildman–Crippen MR) is 45.3 cm³/mol. The number of rotatable bonds is 2. The fourth-order valence-electron chi connectivity index (χ4n) is 1.10. The molecule has 0 aromatic carbocycles. The van der Waals surface area contributed by atoms with Gasteiger partial charge in [0.15, 0.2) is 0 Å². The first kappa shape index (κ1) is 8.97. The number of hydrogen-bond donors (Lipinski definition) is 1. The number of imide groups is 1. The third-order valence-corrected chi connectivity index (χ3v) is 2.03. The highest BCUT2D eigenvalue weighted by molar-refractivity contribution is 6.13. The normalized spacial score (nSPS) is 23.0. The maximum atomic E-state index is 11.0. The molecule has 0 spiro atoms. The highest BCUT2D eigenvalue weighted by Gasteiger charge is 2.23. The predicted octanol–water partition coefficient (Wildman–Crippen LogP) is 1.01. The van der Waals surface area contributed by atoms with Crippen molar-refractivity contribution < 1.29 is 9.59 Å². The van der Waals surface area contributed by atoms with Gasteiger partial charge in [-0.15, -0.1) is 0 Å². The van der Waals surface area contributed by atoms with Gasteiger partial charge in [0.1, 0.15) is 0 Å². The molecule has 0 saturated carbocycles. The van der Waals surface area contributed by atoms with Crippen molar-refractivity contribution in [3.63, 3.8) is 0 Å². The summed E-state index contributed by atoms with van der Waals surface area (Å²) in [7, 11) is 0. The summed E-state index contributed by atoms with van der Waals surface area (Å²) in [4.78, 5) is 21.8. The van der Waals surface area contributed by atoms with E-state index in [0.29, 0.717) is 11.5 Å². The van der Waals surface area contributed by atoms with E-state index in [2.05, 4.69) is 12.2 Å². The standard InChI is InChI=1S/C9H13NO2/c1-3-6(2)4-7-5-8(11)10-9(7)12/h4,6H,3,5H2,1-2H3,(H,10,11,12)/b7-4-. The zero-order valence-electron chi connectivity index (χ0n) is 7.39. The van der Waals surface area contributed by atoms with E-state index >= 15 is 0 Å². The van der Waals surface area contributed by atoms with Crippen molar-refractivity contribution in [1.29, 1.82) is 0 Å². The minimum Gasteiger partial charge on any atom is -0.292 e. The summed E-state index contributed by atoms with van der Waals surface area (Å²) < 4.78 is 0. The first-order chi connectivity index (χ1) is 5.63. The number of nitrogens with one attached hydrogen (secondary N) is 1. The Balaban J connectivity index is 2.69. The van der Waals surface area contributed by atoms with Crippen molar-refractivity contribution in [1.82, 2.24) is 5.32 Å². The van der Waals surface area contributed by atoms with Gasteiger partial charge in [0.05, 0.1) is 6.42 Å². The zero-order valence-corrected chi connectivity index (χ0v) is 7.39. The number of carbonyl (C=O) groups excluding carboxylic acids is 2. The van der Waals surface area contributed by atoms with E-state index in [0.717, 1.165) is 6.42 Å². The lowest BCUT2D eigenvalue weighted by Gasteiger charge is -2.00. The molecule has 1 rings (SSSR count). The van der Waals surface area contributed by atoms with Gasteiger partial charge in [-0.1, -0.05) is 26.3 Å². The Labute approximate surface area is 71.8 Å². The number of carbonyl (C=O) groups is 2. The van der Waals surface area contributed by atoms with Crippen molar-refractivity contribution in [2.75, 3.05) is 0 Å². The zero-order chi connectivity index (χ0) is 9.14. The average molecular weight is 167 g/mol. The van der Waals surface area contributed by atoms with E-state index < -0.39 is 0 Å². The Bertz CT molecular complexity index is 243. The molecule has 0 aromatic heterocycles. The van der Waals surface area contributed by atoms with Gasteiger partial charge in [-0.3, -0.25) is 14.9 Å². The van der Waals surface area contributed by atoms with Crippen molar-refractivity contribution >= 4 is 11.8 Å². The summed E-state index contributed by atoms with van der Waals surface area (Å²) in [6, 6.07) is 0. The molecule has 2 amide bonds. The minimum absolute atomic E-state index is 0.186. The van der Waals surface area contributed by atoms with Gasteiger partial charge in [0, 0.05) is 5.57 Å². The molecule has 1 unspecified atom stereocenters. The maximum Gasteiger partial charge on any atom is 0.253 e. The van der Waals surface area contributed by atoms with Crippen LogP contribution in [-0.2, 0) is 9.59 Å². The Hall–Kier alpha value is -1.12. The SMILES string of the molecule is CCC(C)/C=C1/CC(=O)NC1=O. The van der Waals surface area contributed by atoms with Gasteiger partial charge >= 0.3 is 0 Å². The van der Waals surface area contributed by atoms with Crippen LogP contribution >= 0.6 is 0 Å². The second-order valence-electron chi connectivity index (χ2n) is 3.13. The Kier molecular flexibility index (Phi) is 2.63. The van der Waals surface area contributed by atoms with Crippen LogP contribution in [0.3, 0.4) is 0 Å². The molecular formula is C9H13NO2. The van der Waals surface area contributed by atoms with Crippen LogP contribution in [0, 0.1) is 5.92 Å². The lowest BCUT2D eigenvalue weighted by atomic mass is 10.0. The first-order valence-electron chi connectivity index (χ1n) is 4.18. The Morgan fingerprint density at radius 1 is 1.58 bits per heavy atom. The molecule has 1 heterocycles. The topological polar surface area (TPSA) is 46.2 Å². The molecule has 1 N–H and O–H groups in total. The molecule has 1 atom stereocenters. The van der Waals surface area contributed by atoms with Gasteiger partial charge in [-0.05, 0) is 5.92 Å². The summed E-state index contributed by atoms with van der Waals surface area (Å²) in [5.41, 5.74) is 0.620. The van der Waals surface area contributed by atoms with E-state index in [4.69, 9.17) is 0 Å². The van der Waals surface area contributed by atoms with Crippen LogP contribution in [0.1, 0.15) is 26.7 Å². The van der Waals surface area contributed by atoms with Crippen molar-refractivity contribution in [3.05, 3.63) is 11.6 Å². The van der Waals surface area contributed by atoms with E-state index in [-0.39, 0.29) is 18.2 Å². The highest BCUT2D eigenvalue weighted by Crippen LogP contribution is 2.14. The van der Waals surface area contributed by atoms with Crippen molar-refractivity contribution in [2.24, 2.45) is 5.92 Å². The molecular weight excluding hydrogens is 154 g/mol. The van der Waals surface area contributed by atoms with Crippen LogP contribution in [0.5, 0.6) is 0 Å². The lowest BCUT2D eigenvalue weighted by molar-refractivity contribution is -0.124. The van der Waals surface area contributed by atoms with Crippen molar-refractivity contribution in [3.8, 4) is 0 Å². The monoisotopic (exact) mass is 167 g/mol. The number of hydrogen-bond acceptors (Lipinski definition) is 2. The average Bonchev–Trinajstić information content (AvgIpc) is 2.30. The van der Waals surface area contributed by atoms with Crippen LogP contribution in [-0.4, -0.2) is 11.8 Å². The molecule has 1 aliphatic heterocycles. The second kappa shape index (κ2) is 3.52. The first-order valence-corrected chi connectivity index (χ1v) is 4.18. The molecule has 3 heteroatoms. The Morgan fingerprint density at radius 3 is 2.67 bits per heavy atom. The summed E-state index contributed by atoms with van der Waals surface area (Å²) in [5, 5.41) is 2.25. The summed E-state index contributed by atoms with van der Waals surface area (Å²) in [5.74, 6) is -0.0356. The van der Waals surface area contributed by atoms with Gasteiger partial charge < -0.3 is 0 Å². The summed E-state index contributed by atoms with van der Waals surface area (Å²) >= 11 is 0. The van der Waals surface area contributed by atoms with Crippen molar-refractivity contribution in [2.45, 2.75) is 26.7 Å². The highest BCUT2D eigenvalue weighted by atomic mass is 16.2. The van der Waals surface area contributed by atoms with E-state index in [9.17, 15) is 9.59 Å². The van der Waals surface area contributed by atoms with Gasteiger partial charge in [-0.2, -0.15) is 0 Å². The number of amides is 2. The van der Waals surface area contributed by atoms with Crippen LogP contribution in [0.25, 0.3) is 0 Å². The minimum atomic E-state index is -0.222. The van der Waals surface area contributed by atoms with Gasteiger partial charge in [0.2, 0.25) is 5.91 Å². The van der Waals surface area contributed by atoms with E-state index in [1.807, 2.05) is 13.0 Å². The van der Waals surface area contributed by atoms with E-state index in [1.54, 1.807) is 0 Å². The summed E-state index contributed by atoms with van der Waals surface area (Å²) in [6.45, 7) is 4.08. The quantitative estimate of drug-likeness (QED) is 0.492. The third-order valence-electron chi connectivity index (χ3n) is 2.03. The molecule has 0 aromatic rings. The van der Waals surface area contributed by atoms with Gasteiger partial charge in [-0.25, -0.2) is 0 Å². The fourth-order valence-corrected chi connectivity index (χ4v) is 1.10. The van der Waals surface area contributed by atoms with Crippen LogP contribution in [0.2, 0.25) is 0 Å². The number of allylic oxidation sites excluding steroid dienone is 1. The smallest absolute Gasteiger partial charge is 0.253 e. The molecule has 1 saturated heterocycles. The third kappa shape index (κ3) is 1.94. The molecule has 0 bridgehead atoms. The lowest BCUT2D eigenvalue weighted by Crippen LogP contribution is -2.19. The Morgan fingerprint density at radius 2 is 2.25 bits per heavy atom. The van der Waals surface area contributed by atoms with Crippen LogP contribution in [0.4, 0.5) is 0 Å². The molecule has 0 aliphatic carbocycles. The molecule has 1 fully saturated rings. The molecule has 66 valence electrons. The largest absolute Gasteiger partial charge is 0.292 e.